The first-order valence-corrected chi connectivity index (χ1v) is 10.4. The molecule has 4 rings (SSSR count). The second-order valence-electron chi connectivity index (χ2n) is 6.95. The number of amidine groups is 1. The summed E-state index contributed by atoms with van der Waals surface area (Å²) < 4.78 is 5.78. The summed E-state index contributed by atoms with van der Waals surface area (Å²) in [7, 11) is 0. The van der Waals surface area contributed by atoms with E-state index >= 15 is 0 Å². The second kappa shape index (κ2) is 8.41. The second-order valence-corrected chi connectivity index (χ2v) is 8.39. The highest BCUT2D eigenvalue weighted by Crippen LogP contribution is 2.34. The predicted molar refractivity (Wildman–Crippen MR) is 123 cm³/mol. The molecule has 1 aromatic heterocycles. The number of nitrogens with zero attached hydrogens (tertiary/aromatic N) is 2. The van der Waals surface area contributed by atoms with E-state index in [1.165, 1.54) is 30.0 Å². The lowest BCUT2D eigenvalue weighted by Gasteiger charge is -2.00. The zero-order chi connectivity index (χ0) is 22.1. The number of nitrogens with one attached hydrogen (secondary N) is 1. The Kier molecular flexibility index (Phi) is 5.67. The number of nitro groups is 1. The SMILES string of the molecule is Cc1cc(C)cc(N=C2NC(=O)C(=Cc3ccc(-c4ccc([N+](=O)[O-])cc4Cl)o3)S2)c1. The van der Waals surface area contributed by atoms with Crippen molar-refractivity contribution in [3.63, 3.8) is 0 Å². The van der Waals surface area contributed by atoms with Gasteiger partial charge in [0.1, 0.15) is 11.5 Å². The summed E-state index contributed by atoms with van der Waals surface area (Å²) >= 11 is 7.39. The number of hydrogen-bond donors (Lipinski definition) is 1. The quantitative estimate of drug-likeness (QED) is 0.296. The van der Waals surface area contributed by atoms with Gasteiger partial charge in [-0.15, -0.1) is 0 Å². The highest BCUT2D eigenvalue weighted by atomic mass is 35.5. The predicted octanol–water partition coefficient (Wildman–Crippen LogP) is 6.02. The molecule has 1 amide bonds. The van der Waals surface area contributed by atoms with Crippen molar-refractivity contribution < 1.29 is 14.1 Å². The topological polar surface area (TPSA) is 97.7 Å². The van der Waals surface area contributed by atoms with E-state index in [1.54, 1.807) is 18.2 Å². The van der Waals surface area contributed by atoms with Crippen LogP contribution in [0.2, 0.25) is 5.02 Å². The minimum Gasteiger partial charge on any atom is -0.457 e. The fourth-order valence-electron chi connectivity index (χ4n) is 3.13. The van der Waals surface area contributed by atoms with E-state index in [4.69, 9.17) is 16.0 Å². The van der Waals surface area contributed by atoms with Crippen LogP contribution in [0.4, 0.5) is 11.4 Å². The van der Waals surface area contributed by atoms with Crippen molar-refractivity contribution in [2.75, 3.05) is 0 Å². The van der Waals surface area contributed by atoms with Crippen molar-refractivity contribution in [3.8, 4) is 11.3 Å². The number of thioether (sulfide) groups is 1. The number of halogens is 1. The van der Waals surface area contributed by atoms with Gasteiger partial charge in [-0.05, 0) is 67.1 Å². The summed E-state index contributed by atoms with van der Waals surface area (Å²) in [6, 6.07) is 13.5. The van der Waals surface area contributed by atoms with Gasteiger partial charge in [-0.3, -0.25) is 14.9 Å². The Morgan fingerprint density at radius 2 is 1.87 bits per heavy atom. The van der Waals surface area contributed by atoms with Gasteiger partial charge in [-0.2, -0.15) is 0 Å². The largest absolute Gasteiger partial charge is 0.457 e. The van der Waals surface area contributed by atoms with Crippen LogP contribution in [0.5, 0.6) is 0 Å². The number of non-ortho nitro benzene ring substituents is 1. The molecule has 1 saturated heterocycles. The van der Waals surface area contributed by atoms with Gasteiger partial charge >= 0.3 is 0 Å². The number of benzene rings is 2. The number of carbonyl (C=O) groups excluding carboxylic acids is 1. The summed E-state index contributed by atoms with van der Waals surface area (Å²) in [6.07, 6.45) is 1.62. The molecule has 0 saturated carbocycles. The highest BCUT2D eigenvalue weighted by molar-refractivity contribution is 8.18. The van der Waals surface area contributed by atoms with E-state index in [9.17, 15) is 14.9 Å². The Morgan fingerprint density at radius 3 is 2.55 bits per heavy atom. The zero-order valence-electron chi connectivity index (χ0n) is 16.5. The number of aliphatic imine (C=N–C) groups is 1. The maximum absolute atomic E-state index is 12.3. The van der Waals surface area contributed by atoms with Crippen LogP contribution in [-0.2, 0) is 4.79 Å². The molecule has 31 heavy (non-hydrogen) atoms. The molecule has 0 spiro atoms. The lowest BCUT2D eigenvalue weighted by atomic mass is 10.1. The first-order chi connectivity index (χ1) is 14.8. The van der Waals surface area contributed by atoms with Crippen molar-refractivity contribution in [1.29, 1.82) is 0 Å². The fraction of sp³-hybridized carbons (Fsp3) is 0.0909. The van der Waals surface area contributed by atoms with Gasteiger partial charge in [0.05, 0.1) is 20.5 Å². The van der Waals surface area contributed by atoms with Gasteiger partial charge in [0.25, 0.3) is 11.6 Å². The van der Waals surface area contributed by atoms with E-state index in [-0.39, 0.29) is 16.6 Å². The molecule has 3 aromatic rings. The Balaban J connectivity index is 1.56. The molecule has 1 fully saturated rings. The van der Waals surface area contributed by atoms with Crippen molar-refractivity contribution in [3.05, 3.63) is 85.5 Å². The maximum Gasteiger partial charge on any atom is 0.270 e. The molecule has 0 bridgehead atoms. The Morgan fingerprint density at radius 1 is 1.13 bits per heavy atom. The van der Waals surface area contributed by atoms with Crippen molar-refractivity contribution >= 4 is 51.9 Å². The van der Waals surface area contributed by atoms with Crippen LogP contribution in [0.3, 0.4) is 0 Å². The smallest absolute Gasteiger partial charge is 0.270 e. The van der Waals surface area contributed by atoms with Gasteiger partial charge in [-0.25, -0.2) is 4.99 Å². The summed E-state index contributed by atoms with van der Waals surface area (Å²) in [5.74, 6) is 0.633. The Labute approximate surface area is 187 Å². The molecule has 1 aliphatic heterocycles. The van der Waals surface area contributed by atoms with Crippen LogP contribution in [0.1, 0.15) is 16.9 Å². The van der Waals surface area contributed by atoms with Crippen molar-refractivity contribution in [2.45, 2.75) is 13.8 Å². The third-order valence-electron chi connectivity index (χ3n) is 4.42. The number of carbonyl (C=O) groups is 1. The molecule has 0 atom stereocenters. The molecule has 0 unspecified atom stereocenters. The minimum absolute atomic E-state index is 0.0997. The van der Waals surface area contributed by atoms with Gasteiger partial charge < -0.3 is 9.73 Å². The van der Waals surface area contributed by atoms with E-state index in [2.05, 4.69) is 16.4 Å². The number of furan rings is 1. The average molecular weight is 454 g/mol. The maximum atomic E-state index is 12.3. The fourth-order valence-corrected chi connectivity index (χ4v) is 4.22. The Hall–Kier alpha value is -3.36. The van der Waals surface area contributed by atoms with Gasteiger partial charge in [0.15, 0.2) is 5.17 Å². The molecular weight excluding hydrogens is 438 g/mol. The van der Waals surface area contributed by atoms with E-state index in [1.807, 2.05) is 26.0 Å². The first kappa shape index (κ1) is 20.9. The molecule has 1 N–H and O–H groups in total. The van der Waals surface area contributed by atoms with Gasteiger partial charge in [0.2, 0.25) is 0 Å². The van der Waals surface area contributed by atoms with Crippen molar-refractivity contribution in [2.24, 2.45) is 4.99 Å². The standard InChI is InChI=1S/C22H16ClN3O4S/c1-12-7-13(2)9-14(8-12)24-22-25-21(27)20(31-22)11-16-4-6-19(30-16)17-5-3-15(26(28)29)10-18(17)23/h3-11H,1-2H3,(H,24,25,27). The lowest BCUT2D eigenvalue weighted by Crippen LogP contribution is -2.19. The first-order valence-electron chi connectivity index (χ1n) is 9.20. The molecule has 0 radical (unpaired) electrons. The summed E-state index contributed by atoms with van der Waals surface area (Å²) in [6.45, 7) is 3.99. The molecule has 2 aromatic carbocycles. The van der Waals surface area contributed by atoms with E-state index in [0.29, 0.717) is 27.2 Å². The highest BCUT2D eigenvalue weighted by Gasteiger charge is 2.24. The third-order valence-corrected chi connectivity index (χ3v) is 5.64. The number of aryl methyl sites for hydroxylation is 2. The normalized spacial score (nSPS) is 16.2. The number of nitro benzene ring substituents is 1. The molecule has 2 heterocycles. The molecule has 9 heteroatoms. The summed E-state index contributed by atoms with van der Waals surface area (Å²) in [5, 5.41) is 14.3. The molecule has 7 nitrogen and oxygen atoms in total. The lowest BCUT2D eigenvalue weighted by molar-refractivity contribution is -0.384. The van der Waals surface area contributed by atoms with Crippen LogP contribution in [0.15, 0.2) is 62.8 Å². The van der Waals surface area contributed by atoms with Crippen LogP contribution in [-0.4, -0.2) is 16.0 Å². The molecular formula is C22H16ClN3O4S. The molecule has 156 valence electrons. The van der Waals surface area contributed by atoms with Crippen molar-refractivity contribution in [1.82, 2.24) is 5.32 Å². The van der Waals surface area contributed by atoms with Crippen LogP contribution < -0.4 is 5.32 Å². The Bertz CT molecular complexity index is 1260. The number of hydrogen-bond acceptors (Lipinski definition) is 6. The number of amides is 1. The van der Waals surface area contributed by atoms with Gasteiger partial charge in [-0.1, -0.05) is 17.7 Å². The van der Waals surface area contributed by atoms with E-state index in [0.717, 1.165) is 16.8 Å². The third kappa shape index (κ3) is 4.70. The van der Waals surface area contributed by atoms with Gasteiger partial charge in [0, 0.05) is 23.8 Å². The average Bonchev–Trinajstić information content (AvgIpc) is 3.27. The molecule has 0 aliphatic carbocycles. The monoisotopic (exact) mass is 453 g/mol. The zero-order valence-corrected chi connectivity index (χ0v) is 18.1. The van der Waals surface area contributed by atoms with E-state index < -0.39 is 4.92 Å². The minimum atomic E-state index is -0.513. The summed E-state index contributed by atoms with van der Waals surface area (Å²) in [5.41, 5.74) is 3.39. The van der Waals surface area contributed by atoms with Crippen LogP contribution in [0.25, 0.3) is 17.4 Å². The number of rotatable bonds is 4. The van der Waals surface area contributed by atoms with Crippen LogP contribution in [0, 0.1) is 24.0 Å². The molecule has 1 aliphatic rings. The van der Waals surface area contributed by atoms with Crippen LogP contribution >= 0.6 is 23.4 Å². The summed E-state index contributed by atoms with van der Waals surface area (Å²) in [4.78, 5) is 27.7.